The zero-order valence-corrected chi connectivity index (χ0v) is 17.1. The van der Waals surface area contributed by atoms with Gasteiger partial charge in [-0.25, -0.2) is 0 Å². The van der Waals surface area contributed by atoms with Crippen LogP contribution in [0.4, 0.5) is 0 Å². The van der Waals surface area contributed by atoms with E-state index in [9.17, 15) is 9.59 Å². The highest BCUT2D eigenvalue weighted by Crippen LogP contribution is 2.23. The Balaban J connectivity index is 1.75. The zero-order chi connectivity index (χ0) is 20.8. The first-order valence-corrected chi connectivity index (χ1v) is 10.6. The van der Waals surface area contributed by atoms with Gasteiger partial charge in [-0.05, 0) is 0 Å². The first kappa shape index (κ1) is 20.9. The molecule has 2 aromatic carbocycles. The molecule has 2 saturated heterocycles. The standard InChI is InChI=1S/C24H28N2O4/c27-23(19-7-3-1-4-8-19)21(25-11-15-29-16-12-25)22(26-13-17-30-18-14-26)24(28)20-9-5-2-6-10-20/h1-10,21-22H,11-18H2/t21-,22-/m1/s1. The molecule has 2 aliphatic heterocycles. The third-order valence-electron chi connectivity index (χ3n) is 5.83. The maximum Gasteiger partial charge on any atom is 0.182 e. The Kier molecular flexibility index (Phi) is 7.02. The lowest BCUT2D eigenvalue weighted by atomic mass is 9.89. The number of carbonyl (C=O) groups is 2. The smallest absolute Gasteiger partial charge is 0.182 e. The molecule has 0 aromatic heterocycles. The van der Waals surface area contributed by atoms with Gasteiger partial charge in [0.1, 0.15) is 0 Å². The summed E-state index contributed by atoms with van der Waals surface area (Å²) in [6.45, 7) is 4.78. The molecule has 0 amide bonds. The molecule has 0 aliphatic carbocycles. The molecular weight excluding hydrogens is 380 g/mol. The van der Waals surface area contributed by atoms with Gasteiger partial charge in [-0.3, -0.25) is 19.4 Å². The van der Waals surface area contributed by atoms with Crippen molar-refractivity contribution in [1.29, 1.82) is 0 Å². The molecular formula is C24H28N2O4. The number of hydrogen-bond donors (Lipinski definition) is 0. The van der Waals surface area contributed by atoms with Crippen LogP contribution in [0.5, 0.6) is 0 Å². The molecule has 158 valence electrons. The van der Waals surface area contributed by atoms with Crippen molar-refractivity contribution in [3.05, 3.63) is 71.8 Å². The molecule has 0 N–H and O–H groups in total. The summed E-state index contributed by atoms with van der Waals surface area (Å²) < 4.78 is 11.1. The highest BCUT2D eigenvalue weighted by atomic mass is 16.5. The quantitative estimate of drug-likeness (QED) is 0.655. The first-order chi connectivity index (χ1) is 14.8. The van der Waals surface area contributed by atoms with E-state index in [0.717, 1.165) is 0 Å². The molecule has 0 bridgehead atoms. The van der Waals surface area contributed by atoms with E-state index in [2.05, 4.69) is 9.80 Å². The predicted molar refractivity (Wildman–Crippen MR) is 114 cm³/mol. The lowest BCUT2D eigenvalue weighted by molar-refractivity contribution is -0.0240. The Hall–Kier alpha value is -2.38. The van der Waals surface area contributed by atoms with Crippen molar-refractivity contribution in [2.45, 2.75) is 12.1 Å². The third kappa shape index (κ3) is 4.68. The van der Waals surface area contributed by atoms with Crippen LogP contribution in [0.15, 0.2) is 60.7 Å². The van der Waals surface area contributed by atoms with E-state index < -0.39 is 12.1 Å². The van der Waals surface area contributed by atoms with E-state index in [-0.39, 0.29) is 11.6 Å². The second kappa shape index (κ2) is 10.1. The summed E-state index contributed by atoms with van der Waals surface area (Å²) >= 11 is 0. The Morgan fingerprint density at radius 3 is 1.27 bits per heavy atom. The van der Waals surface area contributed by atoms with Gasteiger partial charge < -0.3 is 9.47 Å². The summed E-state index contributed by atoms with van der Waals surface area (Å²) in [6.07, 6.45) is 0. The molecule has 2 atom stereocenters. The first-order valence-electron chi connectivity index (χ1n) is 10.6. The fraction of sp³-hybridized carbons (Fsp3) is 0.417. The van der Waals surface area contributed by atoms with Gasteiger partial charge in [0.15, 0.2) is 11.6 Å². The van der Waals surface area contributed by atoms with Crippen LogP contribution in [-0.4, -0.2) is 86.1 Å². The summed E-state index contributed by atoms with van der Waals surface area (Å²) in [5.41, 5.74) is 1.27. The lowest BCUT2D eigenvalue weighted by Crippen LogP contribution is -2.62. The molecule has 2 heterocycles. The Bertz CT molecular complexity index is 759. The van der Waals surface area contributed by atoms with Gasteiger partial charge in [-0.1, -0.05) is 60.7 Å². The van der Waals surface area contributed by atoms with Crippen LogP contribution in [0.3, 0.4) is 0 Å². The van der Waals surface area contributed by atoms with Gasteiger partial charge in [-0.15, -0.1) is 0 Å². The van der Waals surface area contributed by atoms with Gasteiger partial charge in [0.05, 0.1) is 38.5 Å². The summed E-state index contributed by atoms with van der Waals surface area (Å²) in [5, 5.41) is 0. The number of hydrogen-bond acceptors (Lipinski definition) is 6. The number of rotatable bonds is 7. The molecule has 4 rings (SSSR count). The molecule has 2 aromatic rings. The number of benzene rings is 2. The van der Waals surface area contributed by atoms with Crippen LogP contribution in [0.25, 0.3) is 0 Å². The van der Waals surface area contributed by atoms with Gasteiger partial charge in [0, 0.05) is 37.3 Å². The minimum Gasteiger partial charge on any atom is -0.379 e. The summed E-state index contributed by atoms with van der Waals surface area (Å²) in [7, 11) is 0. The van der Waals surface area contributed by atoms with Crippen LogP contribution < -0.4 is 0 Å². The van der Waals surface area contributed by atoms with E-state index in [1.54, 1.807) is 0 Å². The number of nitrogens with zero attached hydrogens (tertiary/aromatic N) is 2. The second-order valence-electron chi connectivity index (χ2n) is 7.65. The van der Waals surface area contributed by atoms with Crippen molar-refractivity contribution < 1.29 is 19.1 Å². The Morgan fingerprint density at radius 1 is 0.600 bits per heavy atom. The molecule has 0 radical (unpaired) electrons. The normalized spacial score (nSPS) is 20.4. The monoisotopic (exact) mass is 408 g/mol. The fourth-order valence-corrected chi connectivity index (χ4v) is 4.28. The van der Waals surface area contributed by atoms with Crippen LogP contribution in [-0.2, 0) is 9.47 Å². The molecule has 0 spiro atoms. The fourth-order valence-electron chi connectivity index (χ4n) is 4.28. The van der Waals surface area contributed by atoms with Crippen molar-refractivity contribution in [1.82, 2.24) is 9.80 Å². The van der Waals surface area contributed by atoms with Crippen molar-refractivity contribution >= 4 is 11.6 Å². The van der Waals surface area contributed by atoms with E-state index in [4.69, 9.17) is 9.47 Å². The number of Topliss-reactive ketones (excluding diaryl/α,β-unsaturated/α-hetero) is 2. The molecule has 0 unspecified atom stereocenters. The maximum atomic E-state index is 13.8. The van der Waals surface area contributed by atoms with Crippen molar-refractivity contribution in [3.8, 4) is 0 Å². The predicted octanol–water partition coefficient (Wildman–Crippen LogP) is 2.15. The van der Waals surface area contributed by atoms with E-state index in [1.807, 2.05) is 60.7 Å². The Morgan fingerprint density at radius 2 is 0.933 bits per heavy atom. The minimum atomic E-state index is -0.567. The van der Waals surface area contributed by atoms with Gasteiger partial charge in [-0.2, -0.15) is 0 Å². The van der Waals surface area contributed by atoms with Crippen molar-refractivity contribution in [2.24, 2.45) is 0 Å². The van der Waals surface area contributed by atoms with Gasteiger partial charge in [0.25, 0.3) is 0 Å². The summed E-state index contributed by atoms with van der Waals surface area (Å²) in [5.74, 6) is -0.0310. The highest BCUT2D eigenvalue weighted by Gasteiger charge is 2.42. The summed E-state index contributed by atoms with van der Waals surface area (Å²) in [4.78, 5) is 31.8. The lowest BCUT2D eigenvalue weighted by Gasteiger charge is -2.43. The number of ether oxygens (including phenoxy) is 2. The van der Waals surface area contributed by atoms with Gasteiger partial charge >= 0.3 is 0 Å². The summed E-state index contributed by atoms with van der Waals surface area (Å²) in [6, 6.07) is 17.5. The van der Waals surface area contributed by atoms with Crippen LogP contribution in [0.2, 0.25) is 0 Å². The van der Waals surface area contributed by atoms with Crippen molar-refractivity contribution in [3.63, 3.8) is 0 Å². The molecule has 2 aliphatic rings. The van der Waals surface area contributed by atoms with E-state index >= 15 is 0 Å². The number of carbonyl (C=O) groups excluding carboxylic acids is 2. The average Bonchev–Trinajstić information content (AvgIpc) is 2.84. The third-order valence-corrected chi connectivity index (χ3v) is 5.83. The maximum absolute atomic E-state index is 13.8. The van der Waals surface area contributed by atoms with Crippen LogP contribution in [0.1, 0.15) is 20.7 Å². The zero-order valence-electron chi connectivity index (χ0n) is 17.1. The van der Waals surface area contributed by atoms with E-state index in [0.29, 0.717) is 63.7 Å². The Labute approximate surface area is 177 Å². The van der Waals surface area contributed by atoms with Crippen molar-refractivity contribution in [2.75, 3.05) is 52.6 Å². The number of ketones is 2. The van der Waals surface area contributed by atoms with Gasteiger partial charge in [0.2, 0.25) is 0 Å². The van der Waals surface area contributed by atoms with Crippen LogP contribution in [0, 0.1) is 0 Å². The average molecular weight is 408 g/mol. The molecule has 30 heavy (non-hydrogen) atoms. The molecule has 2 fully saturated rings. The molecule has 6 nitrogen and oxygen atoms in total. The SMILES string of the molecule is O=C(c1ccccc1)[C@@H]([C@H](C(=O)c1ccccc1)N1CCOCC1)N1CCOCC1. The topological polar surface area (TPSA) is 59.1 Å². The highest BCUT2D eigenvalue weighted by molar-refractivity contribution is 6.08. The van der Waals surface area contributed by atoms with E-state index in [1.165, 1.54) is 0 Å². The molecule has 0 saturated carbocycles. The number of morpholine rings is 2. The molecule has 6 heteroatoms. The minimum absolute atomic E-state index is 0.0155. The largest absolute Gasteiger partial charge is 0.379 e. The van der Waals surface area contributed by atoms with Crippen LogP contribution >= 0.6 is 0 Å². The second-order valence-corrected chi connectivity index (χ2v) is 7.65.